The number of anilines is 1. The molecule has 6 heteroatoms. The van der Waals surface area contributed by atoms with Crippen molar-refractivity contribution in [3.05, 3.63) is 12.5 Å². The molecule has 2 aromatic heterocycles. The minimum absolute atomic E-state index is 0.803. The van der Waals surface area contributed by atoms with Gasteiger partial charge in [0.25, 0.3) is 0 Å². The molecule has 16 heavy (non-hydrogen) atoms. The number of fused-ring (bicyclic) bond motifs is 1. The third-order valence-electron chi connectivity index (χ3n) is 2.84. The maximum Gasteiger partial charge on any atom is 0.227 e. The van der Waals surface area contributed by atoms with Crippen LogP contribution in [0.2, 0.25) is 0 Å². The molecule has 0 unspecified atom stereocenters. The zero-order valence-electron chi connectivity index (χ0n) is 9.22. The number of hydrogen-bond acceptors (Lipinski definition) is 5. The minimum atomic E-state index is 0.803. The third kappa shape index (κ3) is 1.51. The van der Waals surface area contributed by atoms with Gasteiger partial charge in [-0.2, -0.15) is 4.98 Å². The molecular formula is C10H14N6. The van der Waals surface area contributed by atoms with Gasteiger partial charge in [-0.25, -0.2) is 9.97 Å². The summed E-state index contributed by atoms with van der Waals surface area (Å²) in [5.41, 5.74) is 1.74. The number of hydrogen-bond donors (Lipinski definition) is 1. The Hall–Kier alpha value is -1.69. The first-order valence-electron chi connectivity index (χ1n) is 5.44. The number of nitrogens with zero attached hydrogens (tertiary/aromatic N) is 5. The van der Waals surface area contributed by atoms with Crippen LogP contribution in [0.15, 0.2) is 12.5 Å². The van der Waals surface area contributed by atoms with Gasteiger partial charge in [0, 0.05) is 33.2 Å². The lowest BCUT2D eigenvalue weighted by Gasteiger charge is -2.27. The van der Waals surface area contributed by atoms with E-state index < -0.39 is 0 Å². The predicted molar refractivity (Wildman–Crippen MR) is 61.4 cm³/mol. The van der Waals surface area contributed by atoms with Crippen molar-refractivity contribution >= 4 is 17.1 Å². The van der Waals surface area contributed by atoms with E-state index in [0.717, 1.165) is 43.3 Å². The third-order valence-corrected chi connectivity index (χ3v) is 2.84. The van der Waals surface area contributed by atoms with Gasteiger partial charge in [0.1, 0.15) is 5.52 Å². The highest BCUT2D eigenvalue weighted by atomic mass is 15.3. The summed E-state index contributed by atoms with van der Waals surface area (Å²) in [5.74, 6) is 0.803. The summed E-state index contributed by atoms with van der Waals surface area (Å²) in [7, 11) is 1.95. The fourth-order valence-electron chi connectivity index (χ4n) is 1.93. The maximum absolute atomic E-state index is 4.55. The molecule has 0 aliphatic carbocycles. The number of rotatable bonds is 1. The minimum Gasteiger partial charge on any atom is -0.338 e. The molecule has 0 bridgehead atoms. The smallest absolute Gasteiger partial charge is 0.227 e. The molecule has 1 fully saturated rings. The van der Waals surface area contributed by atoms with Crippen LogP contribution in [0.1, 0.15) is 0 Å². The highest BCUT2D eigenvalue weighted by Crippen LogP contribution is 2.13. The van der Waals surface area contributed by atoms with Gasteiger partial charge in [0.15, 0.2) is 5.65 Å². The van der Waals surface area contributed by atoms with Crippen LogP contribution in [0, 0.1) is 0 Å². The Morgan fingerprint density at radius 3 is 2.88 bits per heavy atom. The molecule has 3 rings (SSSR count). The van der Waals surface area contributed by atoms with Crippen molar-refractivity contribution in [3.63, 3.8) is 0 Å². The molecule has 6 nitrogen and oxygen atoms in total. The van der Waals surface area contributed by atoms with Gasteiger partial charge >= 0.3 is 0 Å². The fourth-order valence-corrected chi connectivity index (χ4v) is 1.93. The van der Waals surface area contributed by atoms with E-state index in [1.807, 2.05) is 11.6 Å². The first-order chi connectivity index (χ1) is 7.84. The Morgan fingerprint density at radius 1 is 1.25 bits per heavy atom. The monoisotopic (exact) mass is 218 g/mol. The lowest BCUT2D eigenvalue weighted by atomic mass is 10.4. The number of aromatic nitrogens is 4. The molecule has 84 valence electrons. The molecule has 1 aliphatic rings. The second-order valence-electron chi connectivity index (χ2n) is 3.97. The van der Waals surface area contributed by atoms with E-state index >= 15 is 0 Å². The van der Waals surface area contributed by atoms with Crippen LogP contribution < -0.4 is 10.2 Å². The van der Waals surface area contributed by atoms with Gasteiger partial charge in [0.2, 0.25) is 5.95 Å². The quantitative estimate of drug-likeness (QED) is 0.716. The molecule has 3 heterocycles. The van der Waals surface area contributed by atoms with Crippen molar-refractivity contribution in [2.24, 2.45) is 7.05 Å². The molecular weight excluding hydrogens is 204 g/mol. The summed E-state index contributed by atoms with van der Waals surface area (Å²) in [6, 6.07) is 0. The zero-order valence-corrected chi connectivity index (χ0v) is 9.22. The molecule has 0 atom stereocenters. The van der Waals surface area contributed by atoms with Gasteiger partial charge in [-0.15, -0.1) is 0 Å². The van der Waals surface area contributed by atoms with Crippen LogP contribution in [0.5, 0.6) is 0 Å². The van der Waals surface area contributed by atoms with Crippen LogP contribution in [-0.2, 0) is 7.05 Å². The summed E-state index contributed by atoms with van der Waals surface area (Å²) in [5, 5.41) is 3.31. The van der Waals surface area contributed by atoms with Crippen molar-refractivity contribution < 1.29 is 0 Å². The molecule has 2 aromatic rings. The molecule has 0 aromatic carbocycles. The SMILES string of the molecule is Cn1cnc2cnc(N3CCNCC3)nc21. The van der Waals surface area contributed by atoms with E-state index in [1.54, 1.807) is 12.5 Å². The van der Waals surface area contributed by atoms with E-state index in [2.05, 4.69) is 25.2 Å². The maximum atomic E-state index is 4.55. The standard InChI is InChI=1S/C10H14N6/c1-15-7-13-8-6-12-10(14-9(8)15)16-4-2-11-3-5-16/h6-7,11H,2-5H2,1H3. The van der Waals surface area contributed by atoms with E-state index in [4.69, 9.17) is 0 Å². The number of nitrogens with one attached hydrogen (secondary N) is 1. The normalized spacial score (nSPS) is 16.9. The summed E-state index contributed by atoms with van der Waals surface area (Å²) in [6.07, 6.45) is 3.56. The summed E-state index contributed by atoms with van der Waals surface area (Å²) >= 11 is 0. The van der Waals surface area contributed by atoms with E-state index in [-0.39, 0.29) is 0 Å². The van der Waals surface area contributed by atoms with Gasteiger partial charge in [-0.1, -0.05) is 0 Å². The molecule has 0 spiro atoms. The van der Waals surface area contributed by atoms with E-state index in [9.17, 15) is 0 Å². The Labute approximate surface area is 93.3 Å². The van der Waals surface area contributed by atoms with Crippen LogP contribution in [0.4, 0.5) is 5.95 Å². The van der Waals surface area contributed by atoms with Crippen molar-refractivity contribution in [1.82, 2.24) is 24.8 Å². The Kier molecular flexibility index (Phi) is 2.21. The number of aryl methyl sites for hydroxylation is 1. The lowest BCUT2D eigenvalue weighted by Crippen LogP contribution is -2.44. The first kappa shape index (κ1) is 9.53. The van der Waals surface area contributed by atoms with Crippen molar-refractivity contribution in [2.45, 2.75) is 0 Å². The zero-order chi connectivity index (χ0) is 11.0. The van der Waals surface area contributed by atoms with Gasteiger partial charge in [-0.3, -0.25) is 0 Å². The van der Waals surface area contributed by atoms with Crippen LogP contribution >= 0.6 is 0 Å². The second kappa shape index (κ2) is 3.71. The summed E-state index contributed by atoms with van der Waals surface area (Å²) in [6.45, 7) is 3.91. The molecule has 1 saturated heterocycles. The van der Waals surface area contributed by atoms with Gasteiger partial charge < -0.3 is 14.8 Å². The number of piperazine rings is 1. The molecule has 0 radical (unpaired) electrons. The highest BCUT2D eigenvalue weighted by molar-refractivity contribution is 5.70. The molecule has 0 saturated carbocycles. The topological polar surface area (TPSA) is 58.9 Å². The lowest BCUT2D eigenvalue weighted by molar-refractivity contribution is 0.580. The van der Waals surface area contributed by atoms with Crippen LogP contribution in [-0.4, -0.2) is 45.7 Å². The highest BCUT2D eigenvalue weighted by Gasteiger charge is 2.14. The number of imidazole rings is 1. The summed E-state index contributed by atoms with van der Waals surface area (Å²) in [4.78, 5) is 15.3. The van der Waals surface area contributed by atoms with Crippen molar-refractivity contribution in [1.29, 1.82) is 0 Å². The molecule has 1 N–H and O–H groups in total. The van der Waals surface area contributed by atoms with E-state index in [1.165, 1.54) is 0 Å². The predicted octanol–water partition coefficient (Wildman–Crippen LogP) is -0.227. The average Bonchev–Trinajstić information content (AvgIpc) is 2.72. The van der Waals surface area contributed by atoms with Gasteiger partial charge in [-0.05, 0) is 0 Å². The van der Waals surface area contributed by atoms with Crippen LogP contribution in [0.25, 0.3) is 11.2 Å². The largest absolute Gasteiger partial charge is 0.338 e. The first-order valence-corrected chi connectivity index (χ1v) is 5.44. The van der Waals surface area contributed by atoms with Crippen LogP contribution in [0.3, 0.4) is 0 Å². The Balaban J connectivity index is 1.99. The average molecular weight is 218 g/mol. The molecule has 0 amide bonds. The van der Waals surface area contributed by atoms with Crippen molar-refractivity contribution in [2.75, 3.05) is 31.1 Å². The van der Waals surface area contributed by atoms with Gasteiger partial charge in [0.05, 0.1) is 12.5 Å². The summed E-state index contributed by atoms with van der Waals surface area (Å²) < 4.78 is 1.92. The fraction of sp³-hybridized carbons (Fsp3) is 0.500. The Morgan fingerprint density at radius 2 is 2.06 bits per heavy atom. The molecule has 1 aliphatic heterocycles. The Bertz CT molecular complexity index is 499. The van der Waals surface area contributed by atoms with E-state index in [0.29, 0.717) is 0 Å². The van der Waals surface area contributed by atoms with Crippen molar-refractivity contribution in [3.8, 4) is 0 Å². The second-order valence-corrected chi connectivity index (χ2v) is 3.97.